The van der Waals surface area contributed by atoms with E-state index in [4.69, 9.17) is 0 Å². The number of fused-ring (bicyclic) bond motifs is 7. The monoisotopic (exact) mass is 603 g/mol. The van der Waals surface area contributed by atoms with E-state index in [2.05, 4.69) is 179 Å². The Kier molecular flexibility index (Phi) is 5.96. The zero-order valence-corrected chi connectivity index (χ0v) is 27.4. The van der Waals surface area contributed by atoms with Gasteiger partial charge in [-0.3, -0.25) is 0 Å². The van der Waals surface area contributed by atoms with Crippen LogP contribution in [0.25, 0.3) is 55.3 Å². The number of hydrogen-bond donors (Lipinski definition) is 1. The molecule has 0 bridgehead atoms. The van der Waals surface area contributed by atoms with Gasteiger partial charge in [0.25, 0.3) is 0 Å². The van der Waals surface area contributed by atoms with Crippen molar-refractivity contribution in [3.8, 4) is 44.5 Å². The average molecular weight is 604 g/mol. The van der Waals surface area contributed by atoms with E-state index >= 15 is 0 Å². The number of hydrogen-bond acceptors (Lipinski definition) is 1. The molecule has 0 unspecified atom stereocenters. The van der Waals surface area contributed by atoms with Crippen LogP contribution in [0.5, 0.6) is 0 Å². The van der Waals surface area contributed by atoms with Gasteiger partial charge in [0.2, 0.25) is 0 Å². The summed E-state index contributed by atoms with van der Waals surface area (Å²) in [7, 11) is 0. The zero-order valence-electron chi connectivity index (χ0n) is 27.4. The number of rotatable bonds is 4. The molecule has 1 heteroatoms. The summed E-state index contributed by atoms with van der Waals surface area (Å²) in [5.74, 6) is 0. The summed E-state index contributed by atoms with van der Waals surface area (Å²) in [5.41, 5.74) is 18.0. The van der Waals surface area contributed by atoms with Crippen LogP contribution in [0.3, 0.4) is 0 Å². The Morgan fingerprint density at radius 3 is 1.34 bits per heavy atom. The zero-order chi connectivity index (χ0) is 31.9. The topological polar surface area (TPSA) is 12.0 Å². The second-order valence-electron chi connectivity index (χ2n) is 14.3. The first-order valence-electron chi connectivity index (χ1n) is 16.7. The van der Waals surface area contributed by atoms with Crippen LogP contribution in [0, 0.1) is 0 Å². The fourth-order valence-corrected chi connectivity index (χ4v) is 8.16. The fraction of sp³-hybridized carbons (Fsp3) is 0.130. The van der Waals surface area contributed by atoms with Crippen molar-refractivity contribution in [3.63, 3.8) is 0 Å². The minimum Gasteiger partial charge on any atom is -0.356 e. The van der Waals surface area contributed by atoms with Crippen molar-refractivity contribution in [2.45, 2.75) is 38.5 Å². The minimum absolute atomic E-state index is 0.0858. The van der Waals surface area contributed by atoms with Gasteiger partial charge in [0.1, 0.15) is 0 Å². The lowest BCUT2D eigenvalue weighted by Crippen LogP contribution is -2.15. The van der Waals surface area contributed by atoms with Gasteiger partial charge in [-0.1, -0.05) is 131 Å². The molecule has 0 saturated heterocycles. The molecule has 2 aliphatic rings. The first-order valence-corrected chi connectivity index (χ1v) is 16.7. The van der Waals surface area contributed by atoms with Crippen LogP contribution in [0.4, 0.5) is 11.4 Å². The van der Waals surface area contributed by atoms with Crippen LogP contribution in [0.1, 0.15) is 49.9 Å². The van der Waals surface area contributed by atoms with Gasteiger partial charge >= 0.3 is 0 Å². The summed E-state index contributed by atoms with van der Waals surface area (Å²) in [6.45, 7) is 9.45. The van der Waals surface area contributed by atoms with E-state index in [1.165, 1.54) is 77.5 Å². The minimum atomic E-state index is -0.104. The van der Waals surface area contributed by atoms with E-state index < -0.39 is 0 Å². The Balaban J connectivity index is 1.02. The molecular formula is C46H37N. The van der Waals surface area contributed by atoms with Crippen LogP contribution in [0.2, 0.25) is 0 Å². The van der Waals surface area contributed by atoms with Crippen molar-refractivity contribution in [2.75, 3.05) is 5.32 Å². The molecule has 0 aromatic heterocycles. The highest BCUT2D eigenvalue weighted by molar-refractivity contribution is 5.90. The molecule has 226 valence electrons. The molecule has 0 spiro atoms. The van der Waals surface area contributed by atoms with Gasteiger partial charge in [-0.05, 0) is 120 Å². The van der Waals surface area contributed by atoms with Crippen molar-refractivity contribution < 1.29 is 0 Å². The van der Waals surface area contributed by atoms with Crippen molar-refractivity contribution in [2.24, 2.45) is 0 Å². The summed E-state index contributed by atoms with van der Waals surface area (Å²) >= 11 is 0. The van der Waals surface area contributed by atoms with E-state index in [0.717, 1.165) is 11.4 Å². The third-order valence-electron chi connectivity index (χ3n) is 10.8. The molecule has 0 heterocycles. The van der Waals surface area contributed by atoms with E-state index in [-0.39, 0.29) is 10.8 Å². The predicted octanol–water partition coefficient (Wildman–Crippen LogP) is 12.5. The molecule has 9 rings (SSSR count). The lowest BCUT2D eigenvalue weighted by molar-refractivity contribution is 0.660. The molecule has 1 nitrogen and oxygen atoms in total. The molecule has 0 atom stereocenters. The van der Waals surface area contributed by atoms with Crippen LogP contribution < -0.4 is 5.32 Å². The predicted molar refractivity (Wildman–Crippen MR) is 200 cm³/mol. The van der Waals surface area contributed by atoms with Crippen LogP contribution in [-0.2, 0) is 10.8 Å². The van der Waals surface area contributed by atoms with Gasteiger partial charge in [-0.2, -0.15) is 0 Å². The molecule has 0 saturated carbocycles. The van der Waals surface area contributed by atoms with Gasteiger partial charge in [-0.25, -0.2) is 0 Å². The Morgan fingerprint density at radius 1 is 0.340 bits per heavy atom. The smallest absolute Gasteiger partial charge is 0.0387 e. The molecule has 7 aromatic carbocycles. The second kappa shape index (κ2) is 10.0. The third kappa shape index (κ3) is 4.30. The van der Waals surface area contributed by atoms with Crippen LogP contribution in [0.15, 0.2) is 146 Å². The van der Waals surface area contributed by atoms with Gasteiger partial charge in [0, 0.05) is 22.2 Å². The van der Waals surface area contributed by atoms with Gasteiger partial charge in [-0.15, -0.1) is 0 Å². The molecule has 0 radical (unpaired) electrons. The van der Waals surface area contributed by atoms with Crippen molar-refractivity contribution in [1.29, 1.82) is 0 Å². The lowest BCUT2D eigenvalue weighted by Gasteiger charge is -2.24. The maximum absolute atomic E-state index is 3.78. The molecule has 0 amide bonds. The Hall–Kier alpha value is -5.40. The number of anilines is 2. The number of benzene rings is 7. The molecule has 7 aromatic rings. The van der Waals surface area contributed by atoms with Gasteiger partial charge < -0.3 is 5.32 Å². The Bertz CT molecular complexity index is 2370. The Labute approximate surface area is 277 Å². The highest BCUT2D eigenvalue weighted by atomic mass is 14.9. The highest BCUT2D eigenvalue weighted by Crippen LogP contribution is 2.52. The maximum Gasteiger partial charge on any atom is 0.0387 e. The first kappa shape index (κ1) is 27.9. The number of nitrogens with one attached hydrogen (secondary N) is 1. The molecule has 0 fully saturated rings. The third-order valence-corrected chi connectivity index (χ3v) is 10.8. The molecular weight excluding hydrogens is 567 g/mol. The normalized spacial score (nSPS) is 14.7. The largest absolute Gasteiger partial charge is 0.356 e. The van der Waals surface area contributed by atoms with Crippen LogP contribution in [-0.4, -0.2) is 0 Å². The van der Waals surface area contributed by atoms with Crippen molar-refractivity contribution in [3.05, 3.63) is 168 Å². The standard InChI is InChI=1S/C46H37N/c1-45(2)41-25-33(29-10-6-5-7-11-29)16-20-37(41)39-22-18-35(27-43(39)45)47-36-19-23-40-38-21-17-34(26-42(38)46(3,4)44(40)28-36)32-15-14-30-12-8-9-13-31(30)24-32/h5-28,47H,1-4H3. The summed E-state index contributed by atoms with van der Waals surface area (Å²) in [6.07, 6.45) is 0. The fourth-order valence-electron chi connectivity index (χ4n) is 8.16. The average Bonchev–Trinajstić information content (AvgIpc) is 3.46. The van der Waals surface area contributed by atoms with Crippen LogP contribution >= 0.6 is 0 Å². The maximum atomic E-state index is 3.78. The van der Waals surface area contributed by atoms with E-state index in [1.54, 1.807) is 0 Å². The first-order chi connectivity index (χ1) is 22.8. The Morgan fingerprint density at radius 2 is 0.766 bits per heavy atom. The highest BCUT2D eigenvalue weighted by Gasteiger charge is 2.37. The molecule has 47 heavy (non-hydrogen) atoms. The van der Waals surface area contributed by atoms with Crippen molar-refractivity contribution >= 4 is 22.1 Å². The summed E-state index contributed by atoms with van der Waals surface area (Å²) < 4.78 is 0. The van der Waals surface area contributed by atoms with Gasteiger partial charge in [0.15, 0.2) is 0 Å². The second-order valence-corrected chi connectivity index (χ2v) is 14.3. The van der Waals surface area contributed by atoms with E-state index in [1.807, 2.05) is 0 Å². The molecule has 0 aliphatic heterocycles. The quantitative estimate of drug-likeness (QED) is 0.211. The summed E-state index contributed by atoms with van der Waals surface area (Å²) in [4.78, 5) is 0. The van der Waals surface area contributed by atoms with Crippen molar-refractivity contribution in [1.82, 2.24) is 0 Å². The van der Waals surface area contributed by atoms with E-state index in [0.29, 0.717) is 0 Å². The SMILES string of the molecule is CC1(C)c2cc(Nc3ccc4c(c3)C(C)(C)c3cc(-c5ccc6ccccc6c5)ccc3-4)ccc2-c2ccc(-c3ccccc3)cc21. The van der Waals surface area contributed by atoms with E-state index in [9.17, 15) is 0 Å². The molecule has 2 aliphatic carbocycles. The summed E-state index contributed by atoms with van der Waals surface area (Å²) in [5, 5.41) is 6.34. The van der Waals surface area contributed by atoms with Gasteiger partial charge in [0.05, 0.1) is 0 Å². The summed E-state index contributed by atoms with van der Waals surface area (Å²) in [6, 6.07) is 53.9. The lowest BCUT2D eigenvalue weighted by atomic mass is 9.81. The molecule has 1 N–H and O–H groups in total.